The van der Waals surface area contributed by atoms with E-state index >= 15 is 0 Å². The van der Waals surface area contributed by atoms with Crippen LogP contribution in [0.4, 0.5) is 0 Å². The minimum atomic E-state index is 0.861. The molecule has 0 unspecified atom stereocenters. The van der Waals surface area contributed by atoms with E-state index in [1.54, 1.807) is 0 Å². The molecule has 0 spiro atoms. The van der Waals surface area contributed by atoms with Crippen molar-refractivity contribution in [3.05, 3.63) is 64.4 Å². The van der Waals surface area contributed by atoms with Gasteiger partial charge in [0.2, 0.25) is 0 Å². The molecule has 0 amide bonds. The maximum Gasteiger partial charge on any atom is 0.107 e. The van der Waals surface area contributed by atoms with E-state index in [0.717, 1.165) is 22.4 Å². The van der Waals surface area contributed by atoms with Crippen LogP contribution in [0.3, 0.4) is 0 Å². The molecule has 1 heterocycles. The van der Waals surface area contributed by atoms with Crippen molar-refractivity contribution in [2.45, 2.75) is 13.5 Å². The molecule has 0 bridgehead atoms. The molecule has 0 saturated heterocycles. The molecule has 0 aliphatic carbocycles. The van der Waals surface area contributed by atoms with E-state index in [2.05, 4.69) is 62.7 Å². The second-order valence-corrected chi connectivity index (χ2v) is 5.28. The number of hydrogen-bond donors (Lipinski definition) is 0. The van der Waals surface area contributed by atoms with Crippen LogP contribution in [0.1, 0.15) is 11.4 Å². The van der Waals surface area contributed by atoms with Crippen LogP contribution in [0, 0.1) is 6.92 Å². The zero-order chi connectivity index (χ0) is 12.5. The summed E-state index contributed by atoms with van der Waals surface area (Å²) < 4.78 is 3.33. The Labute approximate surface area is 114 Å². The van der Waals surface area contributed by atoms with E-state index in [1.807, 2.05) is 18.2 Å². The van der Waals surface area contributed by atoms with Gasteiger partial charge in [-0.2, -0.15) is 0 Å². The Hall–Kier alpha value is -1.61. The predicted octanol–water partition coefficient (Wildman–Crippen LogP) is 4.16. The number of benzene rings is 2. The number of fused-ring (bicyclic) bond motifs is 1. The SMILES string of the molecule is Cc1nc2ccc(Br)cc2n1Cc1ccccc1. The molecular weight excluding hydrogens is 288 g/mol. The molecule has 90 valence electrons. The molecular formula is C15H13BrN2. The summed E-state index contributed by atoms with van der Waals surface area (Å²) in [6.45, 7) is 2.91. The molecule has 0 fully saturated rings. The van der Waals surface area contributed by atoms with Gasteiger partial charge >= 0.3 is 0 Å². The van der Waals surface area contributed by atoms with Gasteiger partial charge in [-0.1, -0.05) is 46.3 Å². The second kappa shape index (κ2) is 4.58. The summed E-state index contributed by atoms with van der Waals surface area (Å²) in [7, 11) is 0. The minimum absolute atomic E-state index is 0.861. The van der Waals surface area contributed by atoms with Gasteiger partial charge in [0.15, 0.2) is 0 Å². The molecule has 0 aliphatic heterocycles. The highest BCUT2D eigenvalue weighted by Crippen LogP contribution is 2.21. The van der Waals surface area contributed by atoms with E-state index in [9.17, 15) is 0 Å². The van der Waals surface area contributed by atoms with Crippen molar-refractivity contribution < 1.29 is 0 Å². The number of halogens is 1. The third-order valence-corrected chi connectivity index (χ3v) is 3.58. The normalized spacial score (nSPS) is 11.0. The lowest BCUT2D eigenvalue weighted by molar-refractivity contribution is 0.786. The van der Waals surface area contributed by atoms with Gasteiger partial charge in [0, 0.05) is 11.0 Å². The fourth-order valence-corrected chi connectivity index (χ4v) is 2.53. The van der Waals surface area contributed by atoms with Crippen LogP contribution in [0.25, 0.3) is 11.0 Å². The summed E-state index contributed by atoms with van der Waals surface area (Å²) in [5.41, 5.74) is 3.51. The molecule has 0 atom stereocenters. The number of aromatic nitrogens is 2. The molecule has 3 heteroatoms. The largest absolute Gasteiger partial charge is 0.324 e. The van der Waals surface area contributed by atoms with Crippen LogP contribution in [0.2, 0.25) is 0 Å². The Bertz CT molecular complexity index is 686. The maximum atomic E-state index is 4.59. The zero-order valence-electron chi connectivity index (χ0n) is 10.1. The highest BCUT2D eigenvalue weighted by molar-refractivity contribution is 9.10. The van der Waals surface area contributed by atoms with E-state index in [-0.39, 0.29) is 0 Å². The van der Waals surface area contributed by atoms with Crippen molar-refractivity contribution >= 4 is 27.0 Å². The van der Waals surface area contributed by atoms with Crippen LogP contribution in [0.5, 0.6) is 0 Å². The fraction of sp³-hybridized carbons (Fsp3) is 0.133. The number of nitrogens with zero attached hydrogens (tertiary/aromatic N) is 2. The fourth-order valence-electron chi connectivity index (χ4n) is 2.18. The van der Waals surface area contributed by atoms with Crippen LogP contribution in [-0.2, 0) is 6.54 Å². The zero-order valence-corrected chi connectivity index (χ0v) is 11.7. The first-order valence-corrected chi connectivity index (χ1v) is 6.69. The monoisotopic (exact) mass is 300 g/mol. The van der Waals surface area contributed by atoms with Gasteiger partial charge in [0.25, 0.3) is 0 Å². The van der Waals surface area contributed by atoms with Crippen LogP contribution < -0.4 is 0 Å². The van der Waals surface area contributed by atoms with Crippen molar-refractivity contribution in [1.82, 2.24) is 9.55 Å². The Morgan fingerprint density at radius 2 is 1.89 bits per heavy atom. The summed E-state index contributed by atoms with van der Waals surface area (Å²) in [6.07, 6.45) is 0. The standard InChI is InChI=1S/C15H13BrN2/c1-11-17-14-8-7-13(16)9-15(14)18(11)10-12-5-3-2-4-6-12/h2-9H,10H2,1H3. The Kier molecular flexibility index (Phi) is 2.92. The number of rotatable bonds is 2. The van der Waals surface area contributed by atoms with E-state index in [4.69, 9.17) is 0 Å². The molecule has 0 saturated carbocycles. The van der Waals surface area contributed by atoms with Crippen molar-refractivity contribution in [3.63, 3.8) is 0 Å². The van der Waals surface area contributed by atoms with Gasteiger partial charge < -0.3 is 4.57 Å². The lowest BCUT2D eigenvalue weighted by Crippen LogP contribution is -2.01. The van der Waals surface area contributed by atoms with Gasteiger partial charge in [-0.15, -0.1) is 0 Å². The van der Waals surface area contributed by atoms with Crippen molar-refractivity contribution in [3.8, 4) is 0 Å². The molecule has 3 rings (SSSR count). The highest BCUT2D eigenvalue weighted by Gasteiger charge is 2.07. The third kappa shape index (κ3) is 2.06. The van der Waals surface area contributed by atoms with Crippen LogP contribution in [-0.4, -0.2) is 9.55 Å². The Balaban J connectivity index is 2.11. The first kappa shape index (κ1) is 11.5. The first-order chi connectivity index (χ1) is 8.74. The summed E-state index contributed by atoms with van der Waals surface area (Å²) in [5.74, 6) is 1.05. The first-order valence-electron chi connectivity index (χ1n) is 5.90. The summed E-state index contributed by atoms with van der Waals surface area (Å²) in [4.78, 5) is 4.59. The predicted molar refractivity (Wildman–Crippen MR) is 77.7 cm³/mol. The molecule has 1 aromatic heterocycles. The summed E-state index contributed by atoms with van der Waals surface area (Å²) in [5, 5.41) is 0. The number of imidazole rings is 1. The minimum Gasteiger partial charge on any atom is -0.324 e. The molecule has 0 aliphatic rings. The maximum absolute atomic E-state index is 4.59. The second-order valence-electron chi connectivity index (χ2n) is 4.36. The van der Waals surface area contributed by atoms with E-state index < -0.39 is 0 Å². The van der Waals surface area contributed by atoms with Crippen molar-refractivity contribution in [2.75, 3.05) is 0 Å². The van der Waals surface area contributed by atoms with E-state index in [1.165, 1.54) is 11.1 Å². The number of aryl methyl sites for hydroxylation is 1. The van der Waals surface area contributed by atoms with Gasteiger partial charge in [-0.3, -0.25) is 0 Å². The summed E-state index contributed by atoms with van der Waals surface area (Å²) in [6, 6.07) is 16.7. The molecule has 0 radical (unpaired) electrons. The topological polar surface area (TPSA) is 17.8 Å². The average molecular weight is 301 g/mol. The lowest BCUT2D eigenvalue weighted by Gasteiger charge is -2.07. The average Bonchev–Trinajstić information content (AvgIpc) is 2.67. The van der Waals surface area contributed by atoms with E-state index in [0.29, 0.717) is 0 Å². The molecule has 18 heavy (non-hydrogen) atoms. The van der Waals surface area contributed by atoms with Crippen molar-refractivity contribution in [1.29, 1.82) is 0 Å². The lowest BCUT2D eigenvalue weighted by atomic mass is 10.2. The molecule has 2 nitrogen and oxygen atoms in total. The van der Waals surface area contributed by atoms with Gasteiger partial charge in [0.05, 0.1) is 11.0 Å². The number of hydrogen-bond acceptors (Lipinski definition) is 1. The van der Waals surface area contributed by atoms with Gasteiger partial charge in [0.1, 0.15) is 5.82 Å². The van der Waals surface area contributed by atoms with Crippen LogP contribution >= 0.6 is 15.9 Å². The summed E-state index contributed by atoms with van der Waals surface area (Å²) >= 11 is 3.52. The van der Waals surface area contributed by atoms with Gasteiger partial charge in [-0.25, -0.2) is 4.98 Å². The quantitative estimate of drug-likeness (QED) is 0.695. The van der Waals surface area contributed by atoms with Gasteiger partial charge in [-0.05, 0) is 30.7 Å². The third-order valence-electron chi connectivity index (χ3n) is 3.08. The highest BCUT2D eigenvalue weighted by atomic mass is 79.9. The van der Waals surface area contributed by atoms with Crippen molar-refractivity contribution in [2.24, 2.45) is 0 Å². The molecule has 0 N–H and O–H groups in total. The Morgan fingerprint density at radius 3 is 2.67 bits per heavy atom. The van der Waals surface area contributed by atoms with Crippen LogP contribution in [0.15, 0.2) is 53.0 Å². The molecule has 3 aromatic rings. The Morgan fingerprint density at radius 1 is 1.11 bits per heavy atom. The molecule has 2 aromatic carbocycles. The smallest absolute Gasteiger partial charge is 0.107 e.